The average molecular weight is 652 g/mol. The van der Waals surface area contributed by atoms with Crippen LogP contribution < -0.4 is 5.32 Å². The van der Waals surface area contributed by atoms with Crippen molar-refractivity contribution in [1.82, 2.24) is 9.80 Å². The maximum absolute atomic E-state index is 14.2. The van der Waals surface area contributed by atoms with Gasteiger partial charge in [-0.2, -0.15) is 0 Å². The Morgan fingerprint density at radius 3 is 2.19 bits per heavy atom. The number of hydrogen-bond acceptors (Lipinski definition) is 4. The van der Waals surface area contributed by atoms with E-state index in [-0.39, 0.29) is 31.1 Å². The summed E-state index contributed by atoms with van der Waals surface area (Å²) >= 11 is 0. The largest absolute Gasteiger partial charge is 0.392 e. The molecule has 0 aliphatic carbocycles. The number of amides is 3. The fourth-order valence-corrected chi connectivity index (χ4v) is 6.40. The monoisotopic (exact) mass is 651 g/mol. The summed E-state index contributed by atoms with van der Waals surface area (Å²) in [4.78, 5) is 43.6. The topological polar surface area (TPSA) is 90.0 Å². The van der Waals surface area contributed by atoms with E-state index < -0.39 is 41.4 Å². The van der Waals surface area contributed by atoms with Crippen LogP contribution in [-0.4, -0.2) is 64.9 Å². The summed E-state index contributed by atoms with van der Waals surface area (Å²) in [6.45, 7) is 7.66. The summed E-state index contributed by atoms with van der Waals surface area (Å²) in [6.07, 6.45) is 1.59. The molecule has 7 nitrogen and oxygen atoms in total. The molecule has 0 aromatic heterocycles. The van der Waals surface area contributed by atoms with Gasteiger partial charge in [0.25, 0.3) is 5.91 Å². The third-order valence-electron chi connectivity index (χ3n) is 8.59. The Hall–Kier alpha value is -4.18. The minimum atomic E-state index is -1.08. The number of nitrogens with zero attached hydrogens (tertiary/aromatic N) is 2. The number of anilines is 1. The summed E-state index contributed by atoms with van der Waals surface area (Å²) in [5.74, 6) is -3.54. The predicted octanol–water partition coefficient (Wildman–Crippen LogP) is 7.41. The first-order valence-corrected chi connectivity index (χ1v) is 16.4. The first kappa shape index (κ1) is 35.7. The molecule has 2 N–H and O–H groups in total. The molecule has 4 rings (SSSR count). The number of piperidine rings is 1. The number of benzene rings is 3. The van der Waals surface area contributed by atoms with Crippen LogP contribution in [0.15, 0.2) is 60.7 Å². The number of halogens is 3. The zero-order valence-corrected chi connectivity index (χ0v) is 27.3. The first-order valence-electron chi connectivity index (χ1n) is 16.4. The summed E-state index contributed by atoms with van der Waals surface area (Å²) in [6, 6.07) is 13.2. The molecule has 1 aliphatic rings. The van der Waals surface area contributed by atoms with Crippen LogP contribution in [0.1, 0.15) is 77.8 Å². The van der Waals surface area contributed by atoms with E-state index in [1.807, 2.05) is 20.8 Å². The van der Waals surface area contributed by atoms with Crippen molar-refractivity contribution >= 4 is 23.4 Å². The lowest BCUT2D eigenvalue weighted by Gasteiger charge is -2.37. The van der Waals surface area contributed by atoms with Gasteiger partial charge in [-0.3, -0.25) is 9.59 Å². The van der Waals surface area contributed by atoms with E-state index in [1.54, 1.807) is 28.0 Å². The molecular formula is C37H44F3N3O4. The highest BCUT2D eigenvalue weighted by Gasteiger charge is 2.34. The molecule has 3 aromatic rings. The van der Waals surface area contributed by atoms with E-state index in [9.17, 15) is 32.7 Å². The minimum absolute atomic E-state index is 0.0260. The number of rotatable bonds is 13. The molecule has 0 spiro atoms. The third kappa shape index (κ3) is 9.91. The minimum Gasteiger partial charge on any atom is -0.392 e. The van der Waals surface area contributed by atoms with E-state index in [1.165, 1.54) is 36.4 Å². The maximum atomic E-state index is 14.2. The zero-order chi connectivity index (χ0) is 34.1. The fourth-order valence-electron chi connectivity index (χ4n) is 6.40. The Morgan fingerprint density at radius 2 is 1.55 bits per heavy atom. The summed E-state index contributed by atoms with van der Waals surface area (Å²) in [5, 5.41) is 14.5. The van der Waals surface area contributed by atoms with Crippen molar-refractivity contribution < 1.29 is 32.7 Å². The number of nitrogens with one attached hydrogen (secondary N) is 1. The Kier molecular flexibility index (Phi) is 12.6. The number of aliphatic hydroxyl groups excluding tert-OH is 1. The lowest BCUT2D eigenvalue weighted by molar-refractivity contribution is 0.0178. The van der Waals surface area contributed by atoms with Crippen LogP contribution in [-0.2, 0) is 6.42 Å². The van der Waals surface area contributed by atoms with Crippen LogP contribution in [0.3, 0.4) is 0 Å². The Morgan fingerprint density at radius 1 is 0.915 bits per heavy atom. The van der Waals surface area contributed by atoms with Crippen LogP contribution >= 0.6 is 0 Å². The van der Waals surface area contributed by atoms with Gasteiger partial charge in [0.2, 0.25) is 0 Å². The molecule has 1 aliphatic heterocycles. The van der Waals surface area contributed by atoms with Gasteiger partial charge >= 0.3 is 6.03 Å². The molecule has 1 fully saturated rings. The quantitative estimate of drug-likeness (QED) is 0.188. The van der Waals surface area contributed by atoms with Crippen molar-refractivity contribution in [1.29, 1.82) is 0 Å². The van der Waals surface area contributed by atoms with Gasteiger partial charge in [0.15, 0.2) is 5.78 Å². The number of aliphatic hydroxyl groups is 1. The van der Waals surface area contributed by atoms with Gasteiger partial charge in [-0.1, -0.05) is 13.8 Å². The van der Waals surface area contributed by atoms with Crippen molar-refractivity contribution in [3.63, 3.8) is 0 Å². The number of aryl methyl sites for hydroxylation is 1. The second-order valence-electron chi connectivity index (χ2n) is 12.5. The van der Waals surface area contributed by atoms with E-state index in [0.717, 1.165) is 24.5 Å². The number of carbonyl (C=O) groups excluding carboxylic acids is 3. The molecule has 3 aromatic carbocycles. The lowest BCUT2D eigenvalue weighted by Crippen LogP contribution is -2.47. The normalized spacial score (nSPS) is 16.0. The average Bonchev–Trinajstić information content (AvgIpc) is 3.04. The summed E-state index contributed by atoms with van der Waals surface area (Å²) in [5.41, 5.74) is 2.21. The van der Waals surface area contributed by atoms with Crippen LogP contribution in [0.2, 0.25) is 0 Å². The predicted molar refractivity (Wildman–Crippen MR) is 176 cm³/mol. The molecule has 47 heavy (non-hydrogen) atoms. The maximum Gasteiger partial charge on any atom is 0.321 e. The molecule has 3 amide bonds. The smallest absolute Gasteiger partial charge is 0.321 e. The zero-order valence-electron chi connectivity index (χ0n) is 27.3. The molecule has 1 saturated heterocycles. The van der Waals surface area contributed by atoms with Crippen molar-refractivity contribution in [2.24, 2.45) is 11.8 Å². The van der Waals surface area contributed by atoms with Gasteiger partial charge in [-0.05, 0) is 111 Å². The molecular weight excluding hydrogens is 607 g/mol. The third-order valence-corrected chi connectivity index (χ3v) is 8.59. The number of carbonyl (C=O) groups is 3. The van der Waals surface area contributed by atoms with E-state index >= 15 is 0 Å². The molecule has 0 bridgehead atoms. The SMILES string of the molecule is CCCN(CCC)C(=O)c1cc(C)cc(C(=O)CC(Cc2cc(F)cc(F)c2)[C@H](O)C2CCCN(C(=O)Nc3ccc(F)cc3)C2)c1. The number of ketones is 1. The van der Waals surface area contributed by atoms with Gasteiger partial charge in [0, 0.05) is 61.4 Å². The standard InChI is InChI=1S/C37H44F3N3O4/c1-4-12-42(13-5-2)36(46)29-16-24(3)15-27(20-29)34(44)21-28(17-25-18-31(39)22-32(40)19-25)35(45)26-7-6-14-43(23-26)37(47)41-33-10-8-30(38)9-11-33/h8-11,15-16,18-20,22,26,28,35,45H,4-7,12-14,17,21,23H2,1-3H3,(H,41,47)/t26?,28?,35-/m1/s1. The summed E-state index contributed by atoms with van der Waals surface area (Å²) < 4.78 is 41.7. The second-order valence-corrected chi connectivity index (χ2v) is 12.5. The van der Waals surface area contributed by atoms with Gasteiger partial charge in [-0.25, -0.2) is 18.0 Å². The van der Waals surface area contributed by atoms with Gasteiger partial charge in [0.1, 0.15) is 17.5 Å². The van der Waals surface area contributed by atoms with Crippen LogP contribution in [0.5, 0.6) is 0 Å². The fraction of sp³-hybridized carbons (Fsp3) is 0.432. The highest BCUT2D eigenvalue weighted by molar-refractivity contribution is 6.01. The molecule has 252 valence electrons. The lowest BCUT2D eigenvalue weighted by atomic mass is 9.79. The molecule has 3 atom stereocenters. The van der Waals surface area contributed by atoms with Gasteiger partial charge < -0.3 is 20.2 Å². The Bertz CT molecular complexity index is 1520. The Labute approximate surface area is 274 Å². The second kappa shape index (κ2) is 16.6. The van der Waals surface area contributed by atoms with Crippen LogP contribution in [0.25, 0.3) is 0 Å². The molecule has 1 heterocycles. The highest BCUT2D eigenvalue weighted by atomic mass is 19.1. The van der Waals surface area contributed by atoms with Gasteiger partial charge in [-0.15, -0.1) is 0 Å². The number of Topliss-reactive ketones (excluding diaryl/α,β-unsaturated/α-hetero) is 1. The molecule has 2 unspecified atom stereocenters. The van der Waals surface area contributed by atoms with Crippen molar-refractivity contribution in [2.45, 2.75) is 65.4 Å². The van der Waals surface area contributed by atoms with Crippen molar-refractivity contribution in [3.8, 4) is 0 Å². The Balaban J connectivity index is 1.56. The summed E-state index contributed by atoms with van der Waals surface area (Å²) in [7, 11) is 0. The first-order chi connectivity index (χ1) is 22.5. The van der Waals surface area contributed by atoms with Crippen molar-refractivity contribution in [2.75, 3.05) is 31.5 Å². The molecule has 10 heteroatoms. The van der Waals surface area contributed by atoms with Gasteiger partial charge in [0.05, 0.1) is 6.10 Å². The van der Waals surface area contributed by atoms with Crippen LogP contribution in [0.4, 0.5) is 23.7 Å². The molecule has 0 radical (unpaired) electrons. The van der Waals surface area contributed by atoms with Crippen molar-refractivity contribution in [3.05, 3.63) is 100 Å². The van der Waals surface area contributed by atoms with E-state index in [4.69, 9.17) is 0 Å². The number of hydrogen-bond donors (Lipinski definition) is 2. The van der Waals surface area contributed by atoms with E-state index in [2.05, 4.69) is 5.32 Å². The number of urea groups is 1. The highest BCUT2D eigenvalue weighted by Crippen LogP contribution is 2.30. The number of likely N-dealkylation sites (tertiary alicyclic amines) is 1. The van der Waals surface area contributed by atoms with Crippen LogP contribution in [0, 0.1) is 36.2 Å². The molecule has 0 saturated carbocycles. The van der Waals surface area contributed by atoms with E-state index in [0.29, 0.717) is 54.9 Å².